The van der Waals surface area contributed by atoms with Crippen molar-refractivity contribution in [3.05, 3.63) is 20.1 Å². The summed E-state index contributed by atoms with van der Waals surface area (Å²) in [5, 5.41) is 0. The predicted octanol–water partition coefficient (Wildman–Crippen LogP) is 3.93. The lowest BCUT2D eigenvalue weighted by Gasteiger charge is -2.21. The van der Waals surface area contributed by atoms with E-state index in [1.165, 1.54) is 28.4 Å². The average Bonchev–Trinajstić information content (AvgIpc) is 3.47. The highest BCUT2D eigenvalue weighted by Gasteiger charge is 2.40. The Morgan fingerprint density at radius 3 is 1.66 bits per heavy atom. The lowest BCUT2D eigenvalue weighted by Crippen LogP contribution is -2.12. The Morgan fingerprint density at radius 1 is 0.656 bits per heavy atom. The fourth-order valence-electron chi connectivity index (χ4n) is 3.57. The van der Waals surface area contributed by atoms with Crippen LogP contribution in [0.4, 0.5) is 0 Å². The highest BCUT2D eigenvalue weighted by Crippen LogP contribution is 2.60. The zero-order chi connectivity index (χ0) is 23.2. The summed E-state index contributed by atoms with van der Waals surface area (Å²) >= 11 is 6.81. The molecule has 4 rings (SSSR count). The SMILES string of the molecule is COC(=O)c1c(Br)c2c(c(OC)c1-c1c3c(c(OC)c(Br)c1C(=O)OC)OCO3)OCO2. The number of halogens is 2. The first kappa shape index (κ1) is 22.3. The highest BCUT2D eigenvalue weighted by atomic mass is 79.9. The maximum absolute atomic E-state index is 12.9. The van der Waals surface area contributed by atoms with Crippen LogP contribution in [0.3, 0.4) is 0 Å². The third-order valence-corrected chi connectivity index (χ3v) is 6.38. The lowest BCUT2D eigenvalue weighted by molar-refractivity contribution is 0.0588. The van der Waals surface area contributed by atoms with E-state index in [0.29, 0.717) is 0 Å². The van der Waals surface area contributed by atoms with Crippen molar-refractivity contribution >= 4 is 43.8 Å². The summed E-state index contributed by atoms with van der Waals surface area (Å²) < 4.78 is 44.0. The molecule has 0 radical (unpaired) electrons. The zero-order valence-electron chi connectivity index (χ0n) is 17.3. The van der Waals surface area contributed by atoms with Crippen molar-refractivity contribution in [2.24, 2.45) is 0 Å². The van der Waals surface area contributed by atoms with Gasteiger partial charge in [0.15, 0.2) is 23.0 Å². The first-order valence-electron chi connectivity index (χ1n) is 8.96. The van der Waals surface area contributed by atoms with Crippen LogP contribution in [0.1, 0.15) is 20.7 Å². The Bertz CT molecular complexity index is 1140. The fourth-order valence-corrected chi connectivity index (χ4v) is 4.93. The molecule has 12 heteroatoms. The van der Waals surface area contributed by atoms with Crippen LogP contribution in [-0.4, -0.2) is 54.0 Å². The molecule has 10 nitrogen and oxygen atoms in total. The molecule has 0 bridgehead atoms. The molecule has 0 atom stereocenters. The van der Waals surface area contributed by atoms with Crippen molar-refractivity contribution in [2.45, 2.75) is 0 Å². The number of hydrogen-bond donors (Lipinski definition) is 0. The van der Waals surface area contributed by atoms with Crippen LogP contribution >= 0.6 is 31.9 Å². The average molecular weight is 576 g/mol. The molecule has 32 heavy (non-hydrogen) atoms. The van der Waals surface area contributed by atoms with Crippen LogP contribution in [0, 0.1) is 0 Å². The normalized spacial score (nSPS) is 13.1. The van der Waals surface area contributed by atoms with Crippen molar-refractivity contribution in [2.75, 3.05) is 42.0 Å². The molecule has 0 aliphatic carbocycles. The second kappa shape index (κ2) is 8.58. The van der Waals surface area contributed by atoms with Gasteiger partial charge in [0.05, 0.1) is 48.5 Å². The molecule has 0 aromatic heterocycles. The molecule has 2 aliphatic rings. The number of carbonyl (C=O) groups excluding carboxylic acids is 2. The molecule has 2 aromatic carbocycles. The Kier molecular flexibility index (Phi) is 5.99. The Hall–Kier alpha value is -2.86. The quantitative estimate of drug-likeness (QED) is 0.487. The molecule has 0 spiro atoms. The predicted molar refractivity (Wildman–Crippen MR) is 115 cm³/mol. The second-order valence-electron chi connectivity index (χ2n) is 6.31. The molecule has 0 fully saturated rings. The van der Waals surface area contributed by atoms with Gasteiger partial charge in [-0.2, -0.15) is 0 Å². The molecule has 2 aromatic rings. The van der Waals surface area contributed by atoms with Gasteiger partial charge in [-0.1, -0.05) is 0 Å². The first-order valence-corrected chi connectivity index (χ1v) is 10.5. The number of hydrogen-bond acceptors (Lipinski definition) is 10. The molecule has 170 valence electrons. The van der Waals surface area contributed by atoms with Gasteiger partial charge >= 0.3 is 11.9 Å². The van der Waals surface area contributed by atoms with E-state index in [4.69, 9.17) is 37.9 Å². The monoisotopic (exact) mass is 574 g/mol. The van der Waals surface area contributed by atoms with E-state index in [0.717, 1.165) is 0 Å². The van der Waals surface area contributed by atoms with E-state index in [1.807, 2.05) is 0 Å². The van der Waals surface area contributed by atoms with E-state index >= 15 is 0 Å². The van der Waals surface area contributed by atoms with Gasteiger partial charge in [-0.15, -0.1) is 0 Å². The van der Waals surface area contributed by atoms with E-state index < -0.39 is 11.9 Å². The summed E-state index contributed by atoms with van der Waals surface area (Å²) in [7, 11) is 5.26. The van der Waals surface area contributed by atoms with Crippen LogP contribution in [0.15, 0.2) is 8.95 Å². The smallest absolute Gasteiger partial charge is 0.339 e. The number of methoxy groups -OCH3 is 4. The number of carbonyl (C=O) groups is 2. The summed E-state index contributed by atoms with van der Waals surface area (Å²) in [6.45, 7) is -0.237. The summed E-state index contributed by atoms with van der Waals surface area (Å²) in [6.07, 6.45) is 0. The fraction of sp³-hybridized carbons (Fsp3) is 0.300. The van der Waals surface area contributed by atoms with Crippen LogP contribution < -0.4 is 28.4 Å². The standard InChI is InChI=1S/C20H16Br2O10/c1-25-13-7(9(19(23)27-3)12(22)16-17(13)31-6-30-16)8-10(20(24)28-4)11(21)15(26-2)18-14(8)29-5-32-18/h5-6H2,1-4H3. The Morgan fingerprint density at radius 2 is 1.12 bits per heavy atom. The van der Waals surface area contributed by atoms with Crippen LogP contribution in [0.2, 0.25) is 0 Å². The largest absolute Gasteiger partial charge is 0.492 e. The van der Waals surface area contributed by atoms with E-state index in [2.05, 4.69) is 31.9 Å². The number of benzene rings is 2. The number of esters is 2. The van der Waals surface area contributed by atoms with Gasteiger partial charge in [0.2, 0.25) is 25.1 Å². The molecule has 0 N–H and O–H groups in total. The van der Waals surface area contributed by atoms with Gasteiger partial charge in [-0.3, -0.25) is 0 Å². The summed E-state index contributed by atoms with van der Waals surface area (Å²) in [5.41, 5.74) is 0.352. The van der Waals surface area contributed by atoms with Crippen molar-refractivity contribution in [3.8, 4) is 45.6 Å². The Labute approximate surface area is 198 Å². The van der Waals surface area contributed by atoms with Crippen molar-refractivity contribution < 1.29 is 47.5 Å². The van der Waals surface area contributed by atoms with Gasteiger partial charge in [-0.05, 0) is 31.9 Å². The maximum atomic E-state index is 12.9. The second-order valence-corrected chi connectivity index (χ2v) is 7.89. The van der Waals surface area contributed by atoms with E-state index in [-0.39, 0.29) is 79.3 Å². The summed E-state index contributed by atoms with van der Waals surface area (Å²) in [5.74, 6) is -0.229. The van der Waals surface area contributed by atoms with E-state index in [9.17, 15) is 9.59 Å². The van der Waals surface area contributed by atoms with E-state index in [1.54, 1.807) is 0 Å². The maximum Gasteiger partial charge on any atom is 0.339 e. The van der Waals surface area contributed by atoms with Crippen molar-refractivity contribution in [1.82, 2.24) is 0 Å². The van der Waals surface area contributed by atoms with Crippen LogP contribution in [-0.2, 0) is 9.47 Å². The minimum absolute atomic E-state index is 0.0165. The molecule has 0 unspecified atom stereocenters. The zero-order valence-corrected chi connectivity index (χ0v) is 20.4. The molecular weight excluding hydrogens is 560 g/mol. The number of fused-ring (bicyclic) bond motifs is 2. The molecule has 2 heterocycles. The summed E-state index contributed by atoms with van der Waals surface area (Å²) in [4.78, 5) is 25.9. The number of ether oxygens (including phenoxy) is 8. The van der Waals surface area contributed by atoms with Gasteiger partial charge < -0.3 is 37.9 Å². The van der Waals surface area contributed by atoms with Crippen molar-refractivity contribution in [1.29, 1.82) is 0 Å². The Balaban J connectivity index is 2.24. The van der Waals surface area contributed by atoms with Gasteiger partial charge in [0.1, 0.15) is 0 Å². The minimum atomic E-state index is -0.727. The van der Waals surface area contributed by atoms with Gasteiger partial charge in [-0.25, -0.2) is 9.59 Å². The third kappa shape index (κ3) is 3.12. The molecule has 0 saturated carbocycles. The molecule has 0 saturated heterocycles. The van der Waals surface area contributed by atoms with Crippen LogP contribution in [0.25, 0.3) is 11.1 Å². The number of rotatable bonds is 5. The lowest BCUT2D eigenvalue weighted by atomic mass is 9.91. The third-order valence-electron chi connectivity index (χ3n) is 4.87. The molecule has 2 aliphatic heterocycles. The first-order chi connectivity index (χ1) is 15.4. The highest BCUT2D eigenvalue weighted by molar-refractivity contribution is 9.11. The van der Waals surface area contributed by atoms with Gasteiger partial charge in [0.25, 0.3) is 0 Å². The topological polar surface area (TPSA) is 108 Å². The summed E-state index contributed by atoms with van der Waals surface area (Å²) in [6, 6.07) is 0. The minimum Gasteiger partial charge on any atom is -0.492 e. The molecular formula is C20H16Br2O10. The molecule has 0 amide bonds. The van der Waals surface area contributed by atoms with Crippen molar-refractivity contribution in [3.63, 3.8) is 0 Å². The van der Waals surface area contributed by atoms with Gasteiger partial charge in [0, 0.05) is 11.1 Å². The van der Waals surface area contributed by atoms with Crippen LogP contribution in [0.5, 0.6) is 34.5 Å².